The van der Waals surface area contributed by atoms with Crippen molar-refractivity contribution in [2.24, 2.45) is 0 Å². The van der Waals surface area contributed by atoms with Gasteiger partial charge in [0.2, 0.25) is 0 Å². The molecule has 0 radical (unpaired) electrons. The van der Waals surface area contributed by atoms with Crippen molar-refractivity contribution in [2.45, 2.75) is 13.3 Å². The minimum absolute atomic E-state index is 0.0870. The highest BCUT2D eigenvalue weighted by Gasteiger charge is 2.25. The number of para-hydroxylation sites is 2. The van der Waals surface area contributed by atoms with E-state index >= 15 is 0 Å². The number of nitrogens with zero attached hydrogens (tertiary/aromatic N) is 2. The highest BCUT2D eigenvalue weighted by Crippen LogP contribution is 2.31. The fourth-order valence-corrected chi connectivity index (χ4v) is 2.86. The van der Waals surface area contributed by atoms with Crippen LogP contribution in [0, 0.1) is 17.0 Å². The van der Waals surface area contributed by atoms with Crippen LogP contribution in [0.25, 0.3) is 0 Å². The Hall–Kier alpha value is -3.95. The molecule has 0 fully saturated rings. The number of amides is 2. The van der Waals surface area contributed by atoms with E-state index in [0.29, 0.717) is 17.0 Å². The third kappa shape index (κ3) is 4.90. The Labute approximate surface area is 171 Å². The average Bonchev–Trinajstić information content (AvgIpc) is 2.73. The number of ether oxygens (including phenoxy) is 2. The maximum Gasteiger partial charge on any atom is 0.308 e. The number of fused-ring (bicyclic) bond motifs is 1. The second-order valence-electron chi connectivity index (χ2n) is 6.52. The second-order valence-corrected chi connectivity index (χ2v) is 6.52. The number of hydrogen-bond acceptors (Lipinski definition) is 7. The standard InChI is InChI=1S/C20H19N3O7/c1-13-6-7-14(23(27)28)10-15(13)21-18(24)11-30-20(26)8-9-22-16-4-2-3-5-17(16)29-12-19(22)25/h2-7,10H,8-9,11-12H2,1H3,(H,21,24). The normalized spacial score (nSPS) is 12.6. The van der Waals surface area contributed by atoms with Gasteiger partial charge in [0.15, 0.2) is 13.2 Å². The van der Waals surface area contributed by atoms with E-state index in [9.17, 15) is 24.5 Å². The zero-order valence-electron chi connectivity index (χ0n) is 16.1. The summed E-state index contributed by atoms with van der Waals surface area (Å²) in [5, 5.41) is 13.3. The van der Waals surface area contributed by atoms with Crippen LogP contribution in [0.5, 0.6) is 5.75 Å². The lowest BCUT2D eigenvalue weighted by molar-refractivity contribution is -0.384. The first-order valence-electron chi connectivity index (χ1n) is 9.08. The van der Waals surface area contributed by atoms with Crippen LogP contribution in [-0.4, -0.2) is 42.5 Å². The molecule has 2 aromatic carbocycles. The summed E-state index contributed by atoms with van der Waals surface area (Å²) >= 11 is 0. The van der Waals surface area contributed by atoms with E-state index in [0.717, 1.165) is 0 Å². The number of nitro groups is 1. The zero-order valence-corrected chi connectivity index (χ0v) is 16.1. The molecular formula is C20H19N3O7. The average molecular weight is 413 g/mol. The number of aryl methyl sites for hydroxylation is 1. The quantitative estimate of drug-likeness (QED) is 0.419. The summed E-state index contributed by atoms with van der Waals surface area (Å²) in [7, 11) is 0. The number of rotatable bonds is 7. The maximum absolute atomic E-state index is 12.1. The van der Waals surface area contributed by atoms with E-state index in [1.165, 1.54) is 23.1 Å². The molecule has 0 saturated carbocycles. The van der Waals surface area contributed by atoms with Crippen molar-refractivity contribution in [3.8, 4) is 5.75 Å². The summed E-state index contributed by atoms with van der Waals surface area (Å²) in [6.07, 6.45) is -0.108. The Morgan fingerprint density at radius 1 is 1.27 bits per heavy atom. The molecule has 0 saturated heterocycles. The number of carbonyl (C=O) groups is 3. The van der Waals surface area contributed by atoms with E-state index in [4.69, 9.17) is 9.47 Å². The molecule has 1 heterocycles. The summed E-state index contributed by atoms with van der Waals surface area (Å²) in [6.45, 7) is 1.11. The van der Waals surface area contributed by atoms with E-state index in [1.807, 2.05) is 0 Å². The Morgan fingerprint density at radius 2 is 2.03 bits per heavy atom. The molecule has 156 valence electrons. The van der Waals surface area contributed by atoms with Crippen molar-refractivity contribution in [1.82, 2.24) is 0 Å². The Morgan fingerprint density at radius 3 is 2.80 bits per heavy atom. The molecule has 30 heavy (non-hydrogen) atoms. The molecule has 0 aromatic heterocycles. The van der Waals surface area contributed by atoms with Gasteiger partial charge in [-0.1, -0.05) is 18.2 Å². The topological polar surface area (TPSA) is 128 Å². The van der Waals surface area contributed by atoms with E-state index in [2.05, 4.69) is 5.32 Å². The molecule has 0 spiro atoms. The molecule has 10 nitrogen and oxygen atoms in total. The van der Waals surface area contributed by atoms with Gasteiger partial charge < -0.3 is 19.7 Å². The van der Waals surface area contributed by atoms with Crippen LogP contribution in [0.1, 0.15) is 12.0 Å². The molecule has 10 heteroatoms. The predicted molar refractivity (Wildman–Crippen MR) is 106 cm³/mol. The van der Waals surface area contributed by atoms with Gasteiger partial charge >= 0.3 is 5.97 Å². The number of anilines is 2. The van der Waals surface area contributed by atoms with Crippen molar-refractivity contribution < 1.29 is 28.8 Å². The van der Waals surface area contributed by atoms with Gasteiger partial charge in [-0.2, -0.15) is 0 Å². The minimum atomic E-state index is -0.655. The molecule has 2 aromatic rings. The first-order chi connectivity index (χ1) is 14.3. The van der Waals surface area contributed by atoms with Crippen LogP contribution in [-0.2, 0) is 19.1 Å². The van der Waals surface area contributed by atoms with Crippen molar-refractivity contribution in [1.29, 1.82) is 0 Å². The van der Waals surface area contributed by atoms with Gasteiger partial charge in [-0.25, -0.2) is 0 Å². The molecule has 0 bridgehead atoms. The first kappa shape index (κ1) is 20.8. The minimum Gasteiger partial charge on any atom is -0.482 e. The summed E-state index contributed by atoms with van der Waals surface area (Å²) in [5.74, 6) is -1.00. The van der Waals surface area contributed by atoms with Gasteiger partial charge in [-0.05, 0) is 24.6 Å². The van der Waals surface area contributed by atoms with Crippen LogP contribution in [0.3, 0.4) is 0 Å². The molecule has 1 aliphatic heterocycles. The van der Waals surface area contributed by atoms with Gasteiger partial charge in [0, 0.05) is 18.7 Å². The SMILES string of the molecule is Cc1ccc([N+](=O)[O-])cc1NC(=O)COC(=O)CCN1C(=O)COc2ccccc21. The van der Waals surface area contributed by atoms with Gasteiger partial charge in [0.1, 0.15) is 5.75 Å². The number of hydrogen-bond donors (Lipinski definition) is 1. The summed E-state index contributed by atoms with van der Waals surface area (Å²) < 4.78 is 10.3. The number of nitrogens with one attached hydrogen (secondary N) is 1. The lowest BCUT2D eigenvalue weighted by atomic mass is 10.2. The molecule has 3 rings (SSSR count). The summed E-state index contributed by atoms with van der Waals surface area (Å²) in [6, 6.07) is 11.1. The molecule has 0 atom stereocenters. The van der Waals surface area contributed by atoms with E-state index < -0.39 is 23.4 Å². The predicted octanol–water partition coefficient (Wildman–Crippen LogP) is 2.20. The highest BCUT2D eigenvalue weighted by molar-refractivity contribution is 5.98. The number of carbonyl (C=O) groups excluding carboxylic acids is 3. The van der Waals surface area contributed by atoms with Gasteiger partial charge in [-0.3, -0.25) is 24.5 Å². The van der Waals surface area contributed by atoms with E-state index in [1.54, 1.807) is 31.2 Å². The van der Waals surface area contributed by atoms with E-state index in [-0.39, 0.29) is 36.9 Å². The molecular weight excluding hydrogens is 394 g/mol. The van der Waals surface area contributed by atoms with Crippen LogP contribution >= 0.6 is 0 Å². The first-order valence-corrected chi connectivity index (χ1v) is 9.08. The molecule has 0 unspecified atom stereocenters. The largest absolute Gasteiger partial charge is 0.482 e. The third-order valence-electron chi connectivity index (χ3n) is 4.42. The molecule has 0 aliphatic carbocycles. The fourth-order valence-electron chi connectivity index (χ4n) is 2.86. The Bertz CT molecular complexity index is 1010. The number of non-ortho nitro benzene ring substituents is 1. The fraction of sp³-hybridized carbons (Fsp3) is 0.250. The second kappa shape index (κ2) is 9.03. The molecule has 1 aliphatic rings. The molecule has 1 N–H and O–H groups in total. The third-order valence-corrected chi connectivity index (χ3v) is 4.42. The van der Waals surface area contributed by atoms with Crippen molar-refractivity contribution in [3.63, 3.8) is 0 Å². The smallest absolute Gasteiger partial charge is 0.308 e. The van der Waals surface area contributed by atoms with Gasteiger partial charge in [0.25, 0.3) is 17.5 Å². The van der Waals surface area contributed by atoms with Crippen LogP contribution in [0.15, 0.2) is 42.5 Å². The van der Waals surface area contributed by atoms with Crippen molar-refractivity contribution in [3.05, 3.63) is 58.1 Å². The van der Waals surface area contributed by atoms with Gasteiger partial charge in [0.05, 0.1) is 22.7 Å². The highest BCUT2D eigenvalue weighted by atomic mass is 16.6. The Kier molecular flexibility index (Phi) is 6.26. The number of nitro benzene ring substituents is 1. The lowest BCUT2D eigenvalue weighted by Crippen LogP contribution is -2.40. The number of benzene rings is 2. The summed E-state index contributed by atoms with van der Waals surface area (Å²) in [5.41, 5.74) is 1.30. The number of esters is 1. The zero-order chi connectivity index (χ0) is 21.7. The van der Waals surface area contributed by atoms with Crippen molar-refractivity contribution in [2.75, 3.05) is 30.0 Å². The lowest BCUT2D eigenvalue weighted by Gasteiger charge is -2.28. The van der Waals surface area contributed by atoms with Crippen LogP contribution in [0.2, 0.25) is 0 Å². The van der Waals surface area contributed by atoms with Crippen molar-refractivity contribution >= 4 is 34.8 Å². The Balaban J connectivity index is 1.51. The van der Waals surface area contributed by atoms with Gasteiger partial charge in [-0.15, -0.1) is 0 Å². The summed E-state index contributed by atoms with van der Waals surface area (Å²) in [4.78, 5) is 47.8. The van der Waals surface area contributed by atoms with Crippen LogP contribution < -0.4 is 15.0 Å². The maximum atomic E-state index is 12.1. The monoisotopic (exact) mass is 413 g/mol. The van der Waals surface area contributed by atoms with Crippen LogP contribution in [0.4, 0.5) is 17.1 Å². The molecule has 2 amide bonds.